The van der Waals surface area contributed by atoms with Crippen molar-refractivity contribution in [3.63, 3.8) is 0 Å². The topological polar surface area (TPSA) is 40.5 Å². The number of hydrogen-bond donors (Lipinski definition) is 2. The summed E-state index contributed by atoms with van der Waals surface area (Å²) in [6, 6.07) is 21.1. The van der Waals surface area contributed by atoms with Crippen LogP contribution in [0.5, 0.6) is 0 Å². The van der Waals surface area contributed by atoms with E-state index in [0.717, 1.165) is 11.3 Å². The van der Waals surface area contributed by atoms with Crippen LogP contribution in [-0.4, -0.2) is 17.2 Å². The van der Waals surface area contributed by atoms with E-state index in [1.807, 2.05) is 12.1 Å². The van der Waals surface area contributed by atoms with Crippen LogP contribution in [0.2, 0.25) is 0 Å². The Balaban J connectivity index is 1.94. The Kier molecular flexibility index (Phi) is 5.81. The first-order valence-corrected chi connectivity index (χ1v) is 10.9. The van der Waals surface area contributed by atoms with Gasteiger partial charge in [-0.25, -0.2) is 0 Å². The van der Waals surface area contributed by atoms with Gasteiger partial charge in [-0.1, -0.05) is 80.8 Å². The molecular weight excluding hydrogens is 363 g/mol. The first-order chi connectivity index (χ1) is 13.7. The molecule has 4 heteroatoms. The molecule has 0 atom stereocenters. The van der Waals surface area contributed by atoms with Gasteiger partial charge in [0.1, 0.15) is 0 Å². The molecule has 0 bridgehead atoms. The molecule has 142 valence electrons. The minimum Gasteiger partial charge on any atom is -0.423 e. The Labute approximate surface area is 170 Å². The molecule has 4 rings (SSSR count). The number of fused-ring (bicyclic) bond motifs is 2. The van der Waals surface area contributed by atoms with Gasteiger partial charge in [0.15, 0.2) is 0 Å². The van der Waals surface area contributed by atoms with Gasteiger partial charge in [-0.2, -0.15) is 0 Å². The van der Waals surface area contributed by atoms with Gasteiger partial charge in [-0.15, -0.1) is 11.3 Å². The molecule has 2 N–H and O–H groups in total. The average molecular weight is 388 g/mol. The van der Waals surface area contributed by atoms with Crippen LogP contribution in [0.15, 0.2) is 60.7 Å². The van der Waals surface area contributed by atoms with Crippen LogP contribution in [0.1, 0.15) is 38.2 Å². The van der Waals surface area contributed by atoms with E-state index in [2.05, 4.69) is 55.5 Å². The standard InChI is InChI=1S/C24H25BO2S/c1-2-3-4-5-10-17-18-11-6-8-13-20(18)24(21-14-9-7-12-19(17)21)22-15-16-23(28-22)25(26)27/h6-9,11-16,26-27H,2-5,10H2,1H3. The van der Waals surface area contributed by atoms with Gasteiger partial charge in [-0.3, -0.25) is 0 Å². The Morgan fingerprint density at radius 1 is 0.750 bits per heavy atom. The van der Waals surface area contributed by atoms with E-state index in [1.165, 1.54) is 69.7 Å². The summed E-state index contributed by atoms with van der Waals surface area (Å²) in [6.07, 6.45) is 6.10. The Hall–Kier alpha value is -2.14. The van der Waals surface area contributed by atoms with Crippen molar-refractivity contribution < 1.29 is 10.0 Å². The molecule has 1 aromatic heterocycles. The van der Waals surface area contributed by atoms with Gasteiger partial charge in [0.2, 0.25) is 0 Å². The molecule has 2 nitrogen and oxygen atoms in total. The monoisotopic (exact) mass is 388 g/mol. The van der Waals surface area contributed by atoms with Crippen LogP contribution >= 0.6 is 11.3 Å². The minimum atomic E-state index is -1.42. The largest absolute Gasteiger partial charge is 0.499 e. The second-order valence-corrected chi connectivity index (χ2v) is 8.45. The summed E-state index contributed by atoms with van der Waals surface area (Å²) < 4.78 is 0.576. The van der Waals surface area contributed by atoms with Gasteiger partial charge in [-0.05, 0) is 46.0 Å². The van der Waals surface area contributed by atoms with Crippen molar-refractivity contribution >= 4 is 44.8 Å². The van der Waals surface area contributed by atoms with Crippen molar-refractivity contribution in [3.8, 4) is 10.4 Å². The van der Waals surface area contributed by atoms with Crippen LogP contribution in [0.3, 0.4) is 0 Å². The van der Waals surface area contributed by atoms with Crippen LogP contribution in [0, 0.1) is 0 Å². The lowest BCUT2D eigenvalue weighted by Crippen LogP contribution is -2.26. The van der Waals surface area contributed by atoms with E-state index in [9.17, 15) is 10.0 Å². The summed E-state index contributed by atoms with van der Waals surface area (Å²) in [5.41, 5.74) is 2.63. The maximum Gasteiger partial charge on any atom is 0.499 e. The quantitative estimate of drug-likeness (QED) is 0.249. The molecule has 0 radical (unpaired) electrons. The SMILES string of the molecule is CCCCCCc1c2ccccc2c(-c2ccc(B(O)O)s2)c2ccccc12. The molecule has 3 aromatic carbocycles. The zero-order valence-electron chi connectivity index (χ0n) is 16.2. The third-order valence-corrected chi connectivity index (χ3v) is 6.59. The lowest BCUT2D eigenvalue weighted by atomic mass is 9.88. The maximum atomic E-state index is 9.56. The number of rotatable bonds is 7. The predicted octanol–water partition coefficient (Wildman–Crippen LogP) is 5.52. The molecule has 4 aromatic rings. The molecule has 0 fully saturated rings. The molecule has 0 spiro atoms. The van der Waals surface area contributed by atoms with Crippen molar-refractivity contribution in [2.24, 2.45) is 0 Å². The highest BCUT2D eigenvalue weighted by Crippen LogP contribution is 2.41. The minimum absolute atomic E-state index is 0.576. The second kappa shape index (κ2) is 8.48. The fourth-order valence-corrected chi connectivity index (χ4v) is 5.06. The van der Waals surface area contributed by atoms with Crippen molar-refractivity contribution in [1.82, 2.24) is 0 Å². The van der Waals surface area contributed by atoms with Gasteiger partial charge in [0, 0.05) is 15.2 Å². The van der Waals surface area contributed by atoms with Crippen LogP contribution in [-0.2, 0) is 6.42 Å². The van der Waals surface area contributed by atoms with Crippen LogP contribution in [0.25, 0.3) is 32.0 Å². The molecule has 0 aliphatic heterocycles. The van der Waals surface area contributed by atoms with Crippen molar-refractivity contribution in [3.05, 3.63) is 66.2 Å². The van der Waals surface area contributed by atoms with Gasteiger partial charge in [0.05, 0.1) is 0 Å². The summed E-state index contributed by atoms with van der Waals surface area (Å²) >= 11 is 1.45. The summed E-state index contributed by atoms with van der Waals surface area (Å²) in [4.78, 5) is 1.08. The first kappa shape index (κ1) is 19.2. The lowest BCUT2D eigenvalue weighted by Gasteiger charge is -2.16. The van der Waals surface area contributed by atoms with Gasteiger partial charge < -0.3 is 10.0 Å². The lowest BCUT2D eigenvalue weighted by molar-refractivity contribution is 0.427. The molecule has 0 saturated heterocycles. The summed E-state index contributed by atoms with van der Waals surface area (Å²) in [5, 5.41) is 24.2. The van der Waals surface area contributed by atoms with Crippen molar-refractivity contribution in [2.45, 2.75) is 39.0 Å². The van der Waals surface area contributed by atoms with E-state index in [-0.39, 0.29) is 0 Å². The molecule has 0 saturated carbocycles. The maximum absolute atomic E-state index is 9.56. The number of aryl methyl sites for hydroxylation is 1. The summed E-state index contributed by atoms with van der Waals surface area (Å²) in [5.74, 6) is 0. The number of unbranched alkanes of at least 4 members (excludes halogenated alkanes) is 3. The highest BCUT2D eigenvalue weighted by atomic mass is 32.1. The zero-order chi connectivity index (χ0) is 19.5. The molecular formula is C24H25BO2S. The average Bonchev–Trinajstić information content (AvgIpc) is 3.20. The van der Waals surface area contributed by atoms with E-state index in [0.29, 0.717) is 4.78 Å². The fourth-order valence-electron chi connectivity index (χ4n) is 4.11. The molecule has 0 aliphatic rings. The molecule has 0 aliphatic carbocycles. The van der Waals surface area contributed by atoms with E-state index < -0.39 is 7.12 Å². The number of hydrogen-bond acceptors (Lipinski definition) is 3. The summed E-state index contributed by atoms with van der Waals surface area (Å²) in [6.45, 7) is 2.25. The van der Waals surface area contributed by atoms with Crippen LogP contribution in [0.4, 0.5) is 0 Å². The van der Waals surface area contributed by atoms with Crippen molar-refractivity contribution in [1.29, 1.82) is 0 Å². The van der Waals surface area contributed by atoms with E-state index in [1.54, 1.807) is 0 Å². The zero-order valence-corrected chi connectivity index (χ0v) is 17.0. The smallest absolute Gasteiger partial charge is 0.423 e. The fraction of sp³-hybridized carbons (Fsp3) is 0.250. The third-order valence-electron chi connectivity index (χ3n) is 5.45. The Morgan fingerprint density at radius 2 is 1.36 bits per heavy atom. The third kappa shape index (κ3) is 3.60. The Bertz CT molecular complexity index is 1040. The number of thiophene rings is 1. The highest BCUT2D eigenvalue weighted by Gasteiger charge is 2.19. The van der Waals surface area contributed by atoms with E-state index in [4.69, 9.17) is 0 Å². The molecule has 28 heavy (non-hydrogen) atoms. The highest BCUT2D eigenvalue weighted by molar-refractivity contribution is 7.25. The van der Waals surface area contributed by atoms with Gasteiger partial charge in [0.25, 0.3) is 0 Å². The normalized spacial score (nSPS) is 11.4. The molecule has 1 heterocycles. The molecule has 0 amide bonds. The Morgan fingerprint density at radius 3 is 1.89 bits per heavy atom. The summed E-state index contributed by atoms with van der Waals surface area (Å²) in [7, 11) is -1.42. The van der Waals surface area contributed by atoms with E-state index >= 15 is 0 Å². The van der Waals surface area contributed by atoms with Gasteiger partial charge >= 0.3 is 7.12 Å². The van der Waals surface area contributed by atoms with Crippen LogP contribution < -0.4 is 4.78 Å². The molecule has 0 unspecified atom stereocenters. The first-order valence-electron chi connectivity index (χ1n) is 10.1. The van der Waals surface area contributed by atoms with Crippen molar-refractivity contribution in [2.75, 3.05) is 0 Å². The second-order valence-electron chi connectivity index (χ2n) is 7.33. The predicted molar refractivity (Wildman–Crippen MR) is 122 cm³/mol. The number of benzene rings is 3.